The molecule has 0 bridgehead atoms. The van der Waals surface area contributed by atoms with Crippen LogP contribution in [0.15, 0.2) is 83.1 Å². The van der Waals surface area contributed by atoms with Gasteiger partial charge in [-0.15, -0.1) is 0 Å². The lowest BCUT2D eigenvalue weighted by Crippen LogP contribution is -2.38. The summed E-state index contributed by atoms with van der Waals surface area (Å²) < 4.78 is 2.22. The van der Waals surface area contributed by atoms with Crippen LogP contribution in [-0.4, -0.2) is 27.8 Å². The Morgan fingerprint density at radius 1 is 0.800 bits per heavy atom. The van der Waals surface area contributed by atoms with Crippen molar-refractivity contribution < 1.29 is 9.59 Å². The van der Waals surface area contributed by atoms with Crippen LogP contribution in [0.5, 0.6) is 0 Å². The minimum Gasteiger partial charge on any atom is -0.343 e. The Balaban J connectivity index is 1.53. The van der Waals surface area contributed by atoms with Crippen molar-refractivity contribution in [2.75, 3.05) is 0 Å². The third-order valence-corrected chi connectivity index (χ3v) is 7.27. The lowest BCUT2D eigenvalue weighted by Gasteiger charge is -2.26. The van der Waals surface area contributed by atoms with E-state index >= 15 is 0 Å². The van der Waals surface area contributed by atoms with Crippen molar-refractivity contribution in [3.05, 3.63) is 84.1 Å². The molecule has 3 heterocycles. The summed E-state index contributed by atoms with van der Waals surface area (Å²) in [4.78, 5) is 25.9. The first-order valence-electron chi connectivity index (χ1n) is 11.8. The van der Waals surface area contributed by atoms with Gasteiger partial charge in [-0.25, -0.2) is 10.9 Å². The zero-order valence-corrected chi connectivity index (χ0v) is 19.5. The van der Waals surface area contributed by atoms with Gasteiger partial charge in [0.1, 0.15) is 0 Å². The van der Waals surface area contributed by atoms with Crippen molar-refractivity contribution in [2.24, 2.45) is 22.0 Å². The second-order valence-corrected chi connectivity index (χ2v) is 9.31. The number of carbonyl (C=O) groups is 2. The summed E-state index contributed by atoms with van der Waals surface area (Å²) >= 11 is 0. The van der Waals surface area contributed by atoms with E-state index < -0.39 is 17.8 Å². The van der Waals surface area contributed by atoms with Gasteiger partial charge in [0, 0.05) is 41.0 Å². The van der Waals surface area contributed by atoms with E-state index in [2.05, 4.69) is 80.3 Å². The number of carbonyl (C=O) groups excluding carboxylic acids is 2. The largest absolute Gasteiger partial charge is 0.343 e. The molecule has 6 rings (SSSR count). The van der Waals surface area contributed by atoms with Crippen LogP contribution in [0.2, 0.25) is 0 Å². The average molecular weight is 464 g/mol. The molecule has 1 aromatic heterocycles. The van der Waals surface area contributed by atoms with Crippen LogP contribution in [0.25, 0.3) is 21.7 Å². The molecule has 174 valence electrons. The highest BCUT2D eigenvalue weighted by atomic mass is 16.2. The molecule has 3 aromatic carbocycles. The van der Waals surface area contributed by atoms with E-state index in [-0.39, 0.29) is 11.8 Å². The van der Waals surface area contributed by atoms with Gasteiger partial charge in [0.25, 0.3) is 0 Å². The van der Waals surface area contributed by atoms with Gasteiger partial charge in [0.15, 0.2) is 0 Å². The Labute approximate surface area is 202 Å². The van der Waals surface area contributed by atoms with Gasteiger partial charge in [-0.1, -0.05) is 60.7 Å². The van der Waals surface area contributed by atoms with Crippen molar-refractivity contribution in [3.8, 4) is 0 Å². The number of nitrogens with one attached hydrogen (secondary N) is 2. The molecule has 2 unspecified atom stereocenters. The van der Waals surface area contributed by atoms with Crippen molar-refractivity contribution in [1.29, 1.82) is 0 Å². The quantitative estimate of drug-likeness (QED) is 0.465. The summed E-state index contributed by atoms with van der Waals surface area (Å²) in [5.41, 5.74) is 9.79. The van der Waals surface area contributed by atoms with E-state index in [1.54, 1.807) is 0 Å². The van der Waals surface area contributed by atoms with Crippen LogP contribution in [0, 0.1) is 11.8 Å². The number of hydrogen-bond donors (Lipinski definition) is 2. The molecule has 0 radical (unpaired) electrons. The van der Waals surface area contributed by atoms with Crippen molar-refractivity contribution in [2.45, 2.75) is 26.3 Å². The number of hydrazone groups is 2. The molecule has 0 spiro atoms. The van der Waals surface area contributed by atoms with Crippen LogP contribution in [0.1, 0.15) is 30.9 Å². The fourth-order valence-corrected chi connectivity index (χ4v) is 5.63. The molecule has 0 fully saturated rings. The van der Waals surface area contributed by atoms with Crippen LogP contribution >= 0.6 is 0 Å². The van der Waals surface area contributed by atoms with Crippen molar-refractivity contribution in [3.63, 3.8) is 0 Å². The molecular formula is C28H25N5O2. The minimum atomic E-state index is -0.550. The number of hydrogen-bond acceptors (Lipinski definition) is 4. The first-order valence-corrected chi connectivity index (χ1v) is 11.8. The molecule has 0 aliphatic carbocycles. The zero-order valence-electron chi connectivity index (χ0n) is 19.5. The topological polar surface area (TPSA) is 87.8 Å². The maximum absolute atomic E-state index is 12.9. The van der Waals surface area contributed by atoms with Crippen LogP contribution < -0.4 is 10.9 Å². The number of nitrogens with zero attached hydrogens (tertiary/aromatic N) is 3. The molecule has 4 aromatic rings. The molecule has 7 nitrogen and oxygen atoms in total. The molecule has 2 aliphatic rings. The van der Waals surface area contributed by atoms with E-state index in [0.717, 1.165) is 16.5 Å². The summed E-state index contributed by atoms with van der Waals surface area (Å²) in [6.07, 6.45) is 2.11. The lowest BCUT2D eigenvalue weighted by atomic mass is 9.73. The second-order valence-electron chi connectivity index (χ2n) is 9.31. The molecule has 35 heavy (non-hydrogen) atoms. The SMILES string of the molecule is CC1=NNC(=O)C1C(c1cn(Cc2cccc3ccccc23)c2ccccc12)C1C(=O)NN=C1C. The first kappa shape index (κ1) is 21.3. The van der Waals surface area contributed by atoms with Crippen molar-refractivity contribution >= 4 is 44.9 Å². The summed E-state index contributed by atoms with van der Waals surface area (Å²) in [6.45, 7) is 4.34. The molecule has 2 amide bonds. The number of para-hydroxylation sites is 1. The highest BCUT2D eigenvalue weighted by Crippen LogP contribution is 2.41. The molecule has 0 saturated carbocycles. The Kier molecular flexibility index (Phi) is 4.99. The molecule has 7 heteroatoms. The predicted molar refractivity (Wildman–Crippen MR) is 137 cm³/mol. The Morgan fingerprint density at radius 3 is 2.06 bits per heavy atom. The maximum Gasteiger partial charge on any atom is 0.249 e. The third-order valence-electron chi connectivity index (χ3n) is 7.27. The standard InChI is InChI=1S/C28H25N5O2/c1-16-24(27(34)31-29-16)26(25-17(2)30-32-28(25)35)22-15-33(23-13-6-5-12-21(22)23)14-19-10-7-9-18-8-3-4-11-20(18)19/h3-13,15,24-26H,14H2,1-2H3,(H,31,34)(H,32,35). The normalized spacial score (nSPS) is 20.6. The zero-order chi connectivity index (χ0) is 24.1. The number of aromatic nitrogens is 1. The van der Waals surface area contributed by atoms with E-state index in [9.17, 15) is 9.59 Å². The lowest BCUT2D eigenvalue weighted by molar-refractivity contribution is -0.124. The smallest absolute Gasteiger partial charge is 0.249 e. The first-order chi connectivity index (χ1) is 17.0. The minimum absolute atomic E-state index is 0.189. The molecule has 0 saturated heterocycles. The van der Waals surface area contributed by atoms with Gasteiger partial charge in [0.05, 0.1) is 11.8 Å². The highest BCUT2D eigenvalue weighted by Gasteiger charge is 2.46. The van der Waals surface area contributed by atoms with Gasteiger partial charge in [-0.3, -0.25) is 9.59 Å². The van der Waals surface area contributed by atoms with Crippen LogP contribution in [0.4, 0.5) is 0 Å². The van der Waals surface area contributed by atoms with Crippen molar-refractivity contribution in [1.82, 2.24) is 15.4 Å². The second kappa shape index (κ2) is 8.20. The van der Waals surface area contributed by atoms with Gasteiger partial charge in [-0.05, 0) is 41.8 Å². The summed E-state index contributed by atoms with van der Waals surface area (Å²) in [7, 11) is 0. The molecule has 2 N–H and O–H groups in total. The molecular weight excluding hydrogens is 438 g/mol. The van der Waals surface area contributed by atoms with Gasteiger partial charge >= 0.3 is 0 Å². The highest BCUT2D eigenvalue weighted by molar-refractivity contribution is 6.13. The Hall–Kier alpha value is -4.26. The van der Waals surface area contributed by atoms with E-state index in [4.69, 9.17) is 0 Å². The number of benzene rings is 3. The fourth-order valence-electron chi connectivity index (χ4n) is 5.63. The van der Waals surface area contributed by atoms with E-state index in [1.807, 2.05) is 32.0 Å². The molecule has 2 aliphatic heterocycles. The fraction of sp³-hybridized carbons (Fsp3) is 0.214. The number of amides is 2. The third kappa shape index (κ3) is 3.43. The van der Waals surface area contributed by atoms with Gasteiger partial charge in [-0.2, -0.15) is 10.2 Å². The van der Waals surface area contributed by atoms with Gasteiger partial charge < -0.3 is 4.57 Å². The van der Waals surface area contributed by atoms with Gasteiger partial charge in [0.2, 0.25) is 11.8 Å². The van der Waals surface area contributed by atoms with Crippen LogP contribution in [-0.2, 0) is 16.1 Å². The Morgan fingerprint density at radius 2 is 1.40 bits per heavy atom. The summed E-state index contributed by atoms with van der Waals surface area (Å²) in [6, 6.07) is 22.9. The summed E-state index contributed by atoms with van der Waals surface area (Å²) in [5, 5.41) is 11.8. The average Bonchev–Trinajstić information content (AvgIpc) is 3.51. The molecule has 2 atom stereocenters. The monoisotopic (exact) mass is 463 g/mol. The van der Waals surface area contributed by atoms with E-state index in [0.29, 0.717) is 18.0 Å². The predicted octanol–water partition coefficient (Wildman–Crippen LogP) is 4.17. The summed E-state index contributed by atoms with van der Waals surface area (Å²) in [5.74, 6) is -1.90. The van der Waals surface area contributed by atoms with E-state index in [1.165, 1.54) is 16.3 Å². The number of fused-ring (bicyclic) bond motifs is 2. The number of rotatable bonds is 5. The van der Waals surface area contributed by atoms with Crippen LogP contribution in [0.3, 0.4) is 0 Å². The maximum atomic E-state index is 12.9. The Bertz CT molecular complexity index is 1520.